The first kappa shape index (κ1) is 13.2. The van der Waals surface area contributed by atoms with Crippen LogP contribution < -0.4 is 11.3 Å². The summed E-state index contributed by atoms with van der Waals surface area (Å²) in [5.41, 5.74) is 3.79. The second-order valence-corrected chi connectivity index (χ2v) is 3.41. The molecule has 0 heterocycles. The van der Waals surface area contributed by atoms with E-state index in [-0.39, 0.29) is 0 Å². The minimum atomic E-state index is -4.64. The molecule has 0 aromatic heterocycles. The van der Waals surface area contributed by atoms with E-state index in [2.05, 4.69) is 5.43 Å². The highest BCUT2D eigenvalue weighted by Crippen LogP contribution is 2.25. The van der Waals surface area contributed by atoms with E-state index in [4.69, 9.17) is 25.1 Å². The number of phosphoric acid groups is 1. The van der Waals surface area contributed by atoms with Crippen molar-refractivity contribution in [1.82, 2.24) is 5.43 Å². The summed E-state index contributed by atoms with van der Waals surface area (Å²) < 4.78 is 8.88. The van der Waals surface area contributed by atoms with Crippen LogP contribution in [-0.2, 0) is 11.1 Å². The van der Waals surface area contributed by atoms with Crippen molar-refractivity contribution in [3.8, 4) is 0 Å². The first-order valence-electron chi connectivity index (χ1n) is 3.69. The first-order chi connectivity index (χ1) is 6.43. The van der Waals surface area contributed by atoms with Crippen LogP contribution >= 0.6 is 7.82 Å². The lowest BCUT2D eigenvalue weighted by Crippen LogP contribution is -2.20. The van der Waals surface area contributed by atoms with Gasteiger partial charge in [0.25, 0.3) is 0 Å². The van der Waals surface area contributed by atoms with Gasteiger partial charge in [-0.15, -0.1) is 0 Å². The van der Waals surface area contributed by atoms with Gasteiger partial charge in [-0.2, -0.15) is 0 Å². The van der Waals surface area contributed by atoms with Crippen LogP contribution in [0.4, 0.5) is 0 Å². The molecule has 0 amide bonds. The van der Waals surface area contributed by atoms with Gasteiger partial charge in [-0.3, -0.25) is 11.3 Å². The number of benzene rings is 1. The van der Waals surface area contributed by atoms with Crippen LogP contribution in [0.5, 0.6) is 0 Å². The van der Waals surface area contributed by atoms with E-state index in [0.717, 1.165) is 6.54 Å². The van der Waals surface area contributed by atoms with Crippen molar-refractivity contribution in [1.29, 1.82) is 0 Å². The van der Waals surface area contributed by atoms with E-state index in [1.165, 1.54) is 5.56 Å². The fourth-order valence-corrected chi connectivity index (χ4v) is 0.714. The number of nitrogens with two attached hydrogens (primary N) is 1. The molecule has 6 nitrogen and oxygen atoms in total. The zero-order valence-electron chi connectivity index (χ0n) is 7.37. The molecule has 0 saturated heterocycles. The van der Waals surface area contributed by atoms with E-state index in [0.29, 0.717) is 0 Å². The van der Waals surface area contributed by atoms with Crippen molar-refractivity contribution >= 4 is 7.82 Å². The maximum Gasteiger partial charge on any atom is 0.466 e. The molecule has 1 rings (SSSR count). The molecule has 0 radical (unpaired) electrons. The SMILES string of the molecule is NNCc1ccccc1.O=P(O)(O)O. The Balaban J connectivity index is 0.000000292. The molecule has 6 N–H and O–H groups in total. The molecule has 0 aliphatic heterocycles. The minimum Gasteiger partial charge on any atom is -0.303 e. The standard InChI is InChI=1S/C7H10N2.H3O4P/c8-9-6-7-4-2-1-3-5-7;1-5(2,3)4/h1-5,9H,6,8H2;(H3,1,2,3,4). The minimum absolute atomic E-state index is 0.737. The van der Waals surface area contributed by atoms with E-state index in [9.17, 15) is 0 Å². The molecule has 1 aromatic rings. The predicted octanol–water partition coefficient (Wildman–Crippen LogP) is -0.279. The van der Waals surface area contributed by atoms with Gasteiger partial charge in [-0.05, 0) is 5.56 Å². The molecule has 0 saturated carbocycles. The molecule has 0 fully saturated rings. The highest BCUT2D eigenvalue weighted by Gasteiger charge is 2.00. The number of nitrogens with one attached hydrogen (secondary N) is 1. The molecule has 7 heteroatoms. The van der Waals surface area contributed by atoms with Crippen molar-refractivity contribution in [3.63, 3.8) is 0 Å². The van der Waals surface area contributed by atoms with Crippen LogP contribution in [-0.4, -0.2) is 14.7 Å². The molecular formula is C7H13N2O4P. The van der Waals surface area contributed by atoms with Crippen molar-refractivity contribution < 1.29 is 19.2 Å². The summed E-state index contributed by atoms with van der Waals surface area (Å²) in [6.45, 7) is 0.737. The summed E-state index contributed by atoms with van der Waals surface area (Å²) in [4.78, 5) is 21.6. The van der Waals surface area contributed by atoms with Gasteiger partial charge in [-0.25, -0.2) is 4.57 Å². The lowest BCUT2D eigenvalue weighted by Gasteiger charge is -1.95. The van der Waals surface area contributed by atoms with Gasteiger partial charge in [-0.1, -0.05) is 30.3 Å². The van der Waals surface area contributed by atoms with Crippen LogP contribution in [0.2, 0.25) is 0 Å². The molecular weight excluding hydrogens is 207 g/mol. The quantitative estimate of drug-likeness (QED) is 0.266. The largest absolute Gasteiger partial charge is 0.466 e. The summed E-state index contributed by atoms with van der Waals surface area (Å²) >= 11 is 0. The lowest BCUT2D eigenvalue weighted by molar-refractivity contribution is 0.275. The van der Waals surface area contributed by atoms with Gasteiger partial charge < -0.3 is 14.7 Å². The maximum atomic E-state index is 8.88. The van der Waals surface area contributed by atoms with Crippen molar-refractivity contribution in [2.24, 2.45) is 5.84 Å². The fourth-order valence-electron chi connectivity index (χ4n) is 0.714. The molecule has 0 aliphatic rings. The molecule has 80 valence electrons. The van der Waals surface area contributed by atoms with Gasteiger partial charge in [0.15, 0.2) is 0 Å². The monoisotopic (exact) mass is 220 g/mol. The van der Waals surface area contributed by atoms with Gasteiger partial charge >= 0.3 is 7.82 Å². The van der Waals surface area contributed by atoms with Crippen molar-refractivity contribution in [2.45, 2.75) is 6.54 Å². The predicted molar refractivity (Wildman–Crippen MR) is 51.7 cm³/mol. The average Bonchev–Trinajstić information content (AvgIpc) is 2.03. The molecule has 0 spiro atoms. The van der Waals surface area contributed by atoms with Crippen LogP contribution in [0.25, 0.3) is 0 Å². The van der Waals surface area contributed by atoms with E-state index >= 15 is 0 Å². The normalized spacial score (nSPS) is 10.3. The topological polar surface area (TPSA) is 116 Å². The molecule has 0 aliphatic carbocycles. The van der Waals surface area contributed by atoms with Gasteiger partial charge in [0.1, 0.15) is 0 Å². The van der Waals surface area contributed by atoms with Crippen LogP contribution in [0, 0.1) is 0 Å². The summed E-state index contributed by atoms with van der Waals surface area (Å²) in [7, 11) is -4.64. The highest BCUT2D eigenvalue weighted by atomic mass is 31.2. The Morgan fingerprint density at radius 3 is 2.00 bits per heavy atom. The third kappa shape index (κ3) is 11.2. The Morgan fingerprint density at radius 2 is 1.64 bits per heavy atom. The third-order valence-electron chi connectivity index (χ3n) is 1.15. The number of hydrogen-bond acceptors (Lipinski definition) is 3. The Hall–Kier alpha value is -0.750. The Labute approximate surface area is 81.6 Å². The second kappa shape index (κ2) is 6.67. The summed E-state index contributed by atoms with van der Waals surface area (Å²) in [6.07, 6.45) is 0. The number of rotatable bonds is 2. The Bertz CT molecular complexity index is 279. The smallest absolute Gasteiger partial charge is 0.303 e. The van der Waals surface area contributed by atoms with E-state index in [1.807, 2.05) is 30.3 Å². The Kier molecular flexibility index (Phi) is 6.31. The lowest BCUT2D eigenvalue weighted by atomic mass is 10.2. The van der Waals surface area contributed by atoms with Crippen LogP contribution in [0.15, 0.2) is 30.3 Å². The van der Waals surface area contributed by atoms with E-state index < -0.39 is 7.82 Å². The zero-order valence-corrected chi connectivity index (χ0v) is 8.26. The summed E-state index contributed by atoms with van der Waals surface area (Å²) in [5, 5.41) is 0. The van der Waals surface area contributed by atoms with Crippen LogP contribution in [0.3, 0.4) is 0 Å². The molecule has 0 unspecified atom stereocenters. The first-order valence-corrected chi connectivity index (χ1v) is 5.25. The van der Waals surface area contributed by atoms with E-state index in [1.54, 1.807) is 0 Å². The molecule has 0 atom stereocenters. The summed E-state index contributed by atoms with van der Waals surface area (Å²) in [5.74, 6) is 5.11. The highest BCUT2D eigenvalue weighted by molar-refractivity contribution is 7.45. The summed E-state index contributed by atoms with van der Waals surface area (Å²) in [6, 6.07) is 10.0. The van der Waals surface area contributed by atoms with Crippen molar-refractivity contribution in [3.05, 3.63) is 35.9 Å². The third-order valence-corrected chi connectivity index (χ3v) is 1.15. The maximum absolute atomic E-state index is 8.88. The average molecular weight is 220 g/mol. The van der Waals surface area contributed by atoms with Gasteiger partial charge in [0, 0.05) is 6.54 Å². The zero-order chi connectivity index (χ0) is 11.0. The van der Waals surface area contributed by atoms with Gasteiger partial charge in [0.05, 0.1) is 0 Å². The molecule has 0 bridgehead atoms. The second-order valence-electron chi connectivity index (χ2n) is 2.38. The van der Waals surface area contributed by atoms with Crippen LogP contribution in [0.1, 0.15) is 5.56 Å². The number of hydrogen-bond donors (Lipinski definition) is 5. The number of hydrazine groups is 1. The van der Waals surface area contributed by atoms with Gasteiger partial charge in [0.2, 0.25) is 0 Å². The fraction of sp³-hybridized carbons (Fsp3) is 0.143. The molecule has 14 heavy (non-hydrogen) atoms. The van der Waals surface area contributed by atoms with Crippen molar-refractivity contribution in [2.75, 3.05) is 0 Å². The molecule has 1 aromatic carbocycles. The Morgan fingerprint density at radius 1 is 1.21 bits per heavy atom.